The second kappa shape index (κ2) is 5.36. The van der Waals surface area contributed by atoms with Crippen molar-refractivity contribution in [1.29, 1.82) is 0 Å². The Labute approximate surface area is 99.0 Å². The summed E-state index contributed by atoms with van der Waals surface area (Å²) in [4.78, 5) is 21.7. The zero-order chi connectivity index (χ0) is 12.1. The highest BCUT2D eigenvalue weighted by Gasteiger charge is 2.22. The van der Waals surface area contributed by atoms with Gasteiger partial charge in [0.2, 0.25) is 0 Å². The molecule has 0 aliphatic heterocycles. The van der Waals surface area contributed by atoms with E-state index >= 15 is 0 Å². The van der Waals surface area contributed by atoms with Gasteiger partial charge in [-0.05, 0) is 11.1 Å². The van der Waals surface area contributed by atoms with Crippen molar-refractivity contribution in [2.45, 2.75) is 6.42 Å². The first-order chi connectivity index (χ1) is 7.57. The van der Waals surface area contributed by atoms with Gasteiger partial charge in [0, 0.05) is 18.6 Å². The first-order valence-electron chi connectivity index (χ1n) is 4.23. The summed E-state index contributed by atoms with van der Waals surface area (Å²) in [6, 6.07) is 3.81. The molecule has 16 heavy (non-hydrogen) atoms. The minimum absolute atomic E-state index is 0.105. The highest BCUT2D eigenvalue weighted by atomic mass is 79.9. The summed E-state index contributed by atoms with van der Waals surface area (Å²) in [6.07, 6.45) is 1.70. The van der Waals surface area contributed by atoms with Crippen LogP contribution >= 0.6 is 15.9 Å². The van der Waals surface area contributed by atoms with Gasteiger partial charge in [0.1, 0.15) is 5.56 Å². The number of hydrogen-bond donors (Lipinski definition) is 0. The number of allylic oxidation sites excluding steroid dienone is 1. The van der Waals surface area contributed by atoms with Gasteiger partial charge in [0.25, 0.3) is 11.4 Å². The molecule has 6 nitrogen and oxygen atoms in total. The number of hydrogen-bond acceptors (Lipinski definition) is 4. The van der Waals surface area contributed by atoms with E-state index in [1.54, 1.807) is 6.08 Å². The number of halogens is 1. The van der Waals surface area contributed by atoms with E-state index in [9.17, 15) is 20.2 Å². The zero-order valence-electron chi connectivity index (χ0n) is 8.00. The minimum Gasteiger partial charge on any atom is -0.258 e. The molecule has 0 heterocycles. The van der Waals surface area contributed by atoms with E-state index in [1.165, 1.54) is 23.2 Å². The van der Waals surface area contributed by atoms with Crippen molar-refractivity contribution in [2.75, 3.05) is 0 Å². The van der Waals surface area contributed by atoms with Crippen LogP contribution in [0.5, 0.6) is 0 Å². The Bertz CT molecular complexity index is 427. The molecule has 0 saturated heterocycles. The highest BCUT2D eigenvalue weighted by Crippen LogP contribution is 2.28. The molecular formula is C9H7BrN2O4. The maximum absolute atomic E-state index is 10.7. The van der Waals surface area contributed by atoms with E-state index in [1.807, 2.05) is 0 Å². The maximum Gasteiger partial charge on any atom is 0.279 e. The topological polar surface area (TPSA) is 86.3 Å². The minimum atomic E-state index is -0.621. The average Bonchev–Trinajstić information content (AvgIpc) is 2.25. The molecule has 1 aromatic rings. The van der Waals surface area contributed by atoms with Gasteiger partial charge >= 0.3 is 0 Å². The van der Waals surface area contributed by atoms with Crippen LogP contribution in [0.15, 0.2) is 29.3 Å². The quantitative estimate of drug-likeness (QED) is 0.629. The fraction of sp³-hybridized carbons (Fsp3) is 0.111. The Kier molecular flexibility index (Phi) is 4.12. The predicted molar refractivity (Wildman–Crippen MR) is 61.5 cm³/mol. The number of nitrogens with zero attached hydrogens (tertiary/aromatic N) is 2. The van der Waals surface area contributed by atoms with E-state index in [-0.39, 0.29) is 23.4 Å². The second-order valence-corrected chi connectivity index (χ2v) is 3.38. The lowest BCUT2D eigenvalue weighted by molar-refractivity contribution is -0.395. The lowest BCUT2D eigenvalue weighted by Crippen LogP contribution is -2.00. The molecule has 84 valence electrons. The van der Waals surface area contributed by atoms with Crippen molar-refractivity contribution in [3.05, 3.63) is 55.1 Å². The summed E-state index contributed by atoms with van der Waals surface area (Å²) in [5, 5.41) is 21.4. The van der Waals surface area contributed by atoms with Gasteiger partial charge in [-0.25, -0.2) is 0 Å². The van der Waals surface area contributed by atoms with E-state index in [0.29, 0.717) is 0 Å². The van der Waals surface area contributed by atoms with E-state index in [0.717, 1.165) is 0 Å². The average molecular weight is 287 g/mol. The molecule has 0 fully saturated rings. The third-order valence-electron chi connectivity index (χ3n) is 1.93. The first kappa shape index (κ1) is 12.3. The Hall–Kier alpha value is -1.76. The Morgan fingerprint density at radius 3 is 2.06 bits per heavy atom. The monoisotopic (exact) mass is 286 g/mol. The number of rotatable bonds is 4. The molecule has 0 atom stereocenters. The summed E-state index contributed by atoms with van der Waals surface area (Å²) in [5.41, 5.74) is -0.368. The normalized spacial score (nSPS) is 10.6. The SMILES string of the molecule is O=[N+]([O-])c1cccc([N+](=O)[O-])c1CC=CBr. The van der Waals surface area contributed by atoms with Gasteiger partial charge in [0.15, 0.2) is 0 Å². The zero-order valence-corrected chi connectivity index (χ0v) is 9.59. The van der Waals surface area contributed by atoms with Gasteiger partial charge in [-0.3, -0.25) is 20.2 Å². The molecule has 0 amide bonds. The molecule has 1 aromatic carbocycles. The van der Waals surface area contributed by atoms with Crippen LogP contribution < -0.4 is 0 Å². The van der Waals surface area contributed by atoms with Crippen molar-refractivity contribution in [3.8, 4) is 0 Å². The number of nitro benzene ring substituents is 2. The van der Waals surface area contributed by atoms with Crippen molar-refractivity contribution < 1.29 is 9.85 Å². The van der Waals surface area contributed by atoms with Crippen LogP contribution in [0, 0.1) is 20.2 Å². The third-order valence-corrected chi connectivity index (χ3v) is 2.30. The van der Waals surface area contributed by atoms with Gasteiger partial charge < -0.3 is 0 Å². The van der Waals surface area contributed by atoms with Gasteiger partial charge in [-0.2, -0.15) is 0 Å². The molecule has 0 N–H and O–H groups in total. The first-order valence-corrected chi connectivity index (χ1v) is 5.15. The van der Waals surface area contributed by atoms with Crippen molar-refractivity contribution in [1.82, 2.24) is 0 Å². The highest BCUT2D eigenvalue weighted by molar-refractivity contribution is 9.11. The molecule has 0 saturated carbocycles. The van der Waals surface area contributed by atoms with Crippen LogP contribution in [0.25, 0.3) is 0 Å². The van der Waals surface area contributed by atoms with Crippen LogP contribution in [0.2, 0.25) is 0 Å². The van der Waals surface area contributed by atoms with Crippen molar-refractivity contribution in [3.63, 3.8) is 0 Å². The summed E-state index contributed by atoms with van der Waals surface area (Å²) in [6.45, 7) is 0. The van der Waals surface area contributed by atoms with E-state index in [2.05, 4.69) is 15.9 Å². The lowest BCUT2D eigenvalue weighted by Gasteiger charge is -2.00. The third kappa shape index (κ3) is 2.63. The molecule has 1 rings (SSSR count). The van der Waals surface area contributed by atoms with E-state index < -0.39 is 9.85 Å². The standard InChI is InChI=1S/C9H7BrN2O4/c10-6-2-3-7-8(11(13)14)4-1-5-9(7)12(15)16/h1-2,4-6H,3H2. The Morgan fingerprint density at radius 2 is 1.69 bits per heavy atom. The molecule has 7 heteroatoms. The molecule has 0 aliphatic rings. The fourth-order valence-corrected chi connectivity index (χ4v) is 1.46. The van der Waals surface area contributed by atoms with Crippen LogP contribution in [-0.2, 0) is 6.42 Å². The molecule has 0 radical (unpaired) electrons. The summed E-state index contributed by atoms with van der Waals surface area (Å²) in [7, 11) is 0. The fourth-order valence-electron chi connectivity index (χ4n) is 1.28. The molecule has 0 spiro atoms. The Morgan fingerprint density at radius 1 is 1.19 bits per heavy atom. The van der Waals surface area contributed by atoms with E-state index in [4.69, 9.17) is 0 Å². The van der Waals surface area contributed by atoms with Crippen LogP contribution in [-0.4, -0.2) is 9.85 Å². The van der Waals surface area contributed by atoms with Crippen LogP contribution in [0.4, 0.5) is 11.4 Å². The molecule has 0 bridgehead atoms. The summed E-state index contributed by atoms with van der Waals surface area (Å²) < 4.78 is 0. The van der Waals surface area contributed by atoms with Crippen LogP contribution in [0.3, 0.4) is 0 Å². The van der Waals surface area contributed by atoms with Gasteiger partial charge in [0.05, 0.1) is 9.85 Å². The second-order valence-electron chi connectivity index (χ2n) is 2.85. The molecule has 0 aromatic heterocycles. The largest absolute Gasteiger partial charge is 0.279 e. The smallest absolute Gasteiger partial charge is 0.258 e. The maximum atomic E-state index is 10.7. The van der Waals surface area contributed by atoms with Crippen molar-refractivity contribution >= 4 is 27.3 Å². The summed E-state index contributed by atoms with van der Waals surface area (Å²) >= 11 is 3.01. The number of benzene rings is 1. The van der Waals surface area contributed by atoms with Gasteiger partial charge in [-0.15, -0.1) is 0 Å². The molecule has 0 aliphatic carbocycles. The predicted octanol–water partition coefficient (Wildman–Crippen LogP) is 2.95. The van der Waals surface area contributed by atoms with Gasteiger partial charge in [-0.1, -0.05) is 22.0 Å². The summed E-state index contributed by atoms with van der Waals surface area (Å²) in [5.74, 6) is 0. The number of nitro groups is 2. The molecular weight excluding hydrogens is 280 g/mol. The van der Waals surface area contributed by atoms with Crippen LogP contribution in [0.1, 0.15) is 5.56 Å². The Balaban J connectivity index is 3.34. The van der Waals surface area contributed by atoms with Crippen molar-refractivity contribution in [2.24, 2.45) is 0 Å². The molecule has 0 unspecified atom stereocenters. The lowest BCUT2D eigenvalue weighted by atomic mass is 10.1.